The number of ether oxygens (including phenoxy) is 2. The predicted molar refractivity (Wildman–Crippen MR) is 106 cm³/mol. The molecule has 2 rings (SSSR count). The van der Waals surface area contributed by atoms with Crippen LogP contribution < -0.4 is 5.32 Å². The predicted octanol–water partition coefficient (Wildman–Crippen LogP) is 2.61. The number of nitrogens with zero attached hydrogens (tertiary/aromatic N) is 3. The molecule has 0 aliphatic carbocycles. The second-order valence-corrected chi connectivity index (χ2v) is 8.10. The van der Waals surface area contributed by atoms with Crippen LogP contribution in [0.5, 0.6) is 0 Å². The monoisotopic (exact) mass is 426 g/mol. The molecule has 2 heterocycles. The summed E-state index contributed by atoms with van der Waals surface area (Å²) in [7, 11) is 4.33. The van der Waals surface area contributed by atoms with Gasteiger partial charge in [0.15, 0.2) is 5.16 Å². The highest BCUT2D eigenvalue weighted by atomic mass is 32.2. The molecule has 0 bridgehead atoms. The number of hydrogen-bond donors (Lipinski definition) is 1. The number of nitrogens with one attached hydrogen (secondary N) is 1. The van der Waals surface area contributed by atoms with Crippen LogP contribution in [0.3, 0.4) is 0 Å². The molecule has 28 heavy (non-hydrogen) atoms. The molecule has 0 aromatic carbocycles. The third kappa shape index (κ3) is 4.53. The molecule has 1 amide bonds. The van der Waals surface area contributed by atoms with E-state index in [0.29, 0.717) is 10.7 Å². The molecule has 1 N–H and O–H groups in total. The molecule has 2 aromatic rings. The van der Waals surface area contributed by atoms with Crippen molar-refractivity contribution in [1.29, 1.82) is 0 Å². The van der Waals surface area contributed by atoms with Gasteiger partial charge in [0.2, 0.25) is 5.91 Å². The molecule has 11 heteroatoms. The van der Waals surface area contributed by atoms with Crippen LogP contribution in [0.2, 0.25) is 0 Å². The number of hydrogen-bond acceptors (Lipinski definition) is 9. The summed E-state index contributed by atoms with van der Waals surface area (Å²) in [4.78, 5) is 36.7. The molecule has 0 aliphatic heterocycles. The summed E-state index contributed by atoms with van der Waals surface area (Å²) in [5.41, 5.74) is 0.550. The molecule has 0 unspecified atom stereocenters. The van der Waals surface area contributed by atoms with E-state index in [1.54, 1.807) is 6.92 Å². The van der Waals surface area contributed by atoms with Crippen molar-refractivity contribution in [3.8, 4) is 0 Å². The Morgan fingerprint density at radius 3 is 2.36 bits per heavy atom. The van der Waals surface area contributed by atoms with Gasteiger partial charge in [-0.05, 0) is 12.5 Å². The first kappa shape index (κ1) is 21.9. The third-order valence-corrected chi connectivity index (χ3v) is 6.08. The number of thiophene rings is 1. The van der Waals surface area contributed by atoms with Crippen molar-refractivity contribution in [1.82, 2.24) is 14.8 Å². The number of amides is 1. The van der Waals surface area contributed by atoms with Crippen LogP contribution in [0.15, 0.2) is 5.16 Å². The van der Waals surface area contributed by atoms with Crippen LogP contribution in [0.25, 0.3) is 0 Å². The molecule has 0 radical (unpaired) electrons. The molecule has 0 saturated heterocycles. The summed E-state index contributed by atoms with van der Waals surface area (Å²) in [6.07, 6.45) is 0. The minimum atomic E-state index is -0.637. The molecule has 0 saturated carbocycles. The number of carbonyl (C=O) groups is 3. The van der Waals surface area contributed by atoms with Crippen LogP contribution in [-0.2, 0) is 21.3 Å². The van der Waals surface area contributed by atoms with E-state index in [1.807, 2.05) is 25.5 Å². The summed E-state index contributed by atoms with van der Waals surface area (Å²) in [5.74, 6) is -0.456. The van der Waals surface area contributed by atoms with Crippen molar-refractivity contribution < 1.29 is 23.9 Å². The second-order valence-electron chi connectivity index (χ2n) is 6.13. The molecule has 2 aromatic heterocycles. The number of methoxy groups -OCH3 is 2. The van der Waals surface area contributed by atoms with Gasteiger partial charge in [-0.3, -0.25) is 4.79 Å². The molecule has 0 fully saturated rings. The van der Waals surface area contributed by atoms with Crippen LogP contribution in [-0.4, -0.2) is 52.6 Å². The first-order valence-corrected chi connectivity index (χ1v) is 10.1. The summed E-state index contributed by atoms with van der Waals surface area (Å²) >= 11 is 2.20. The van der Waals surface area contributed by atoms with Gasteiger partial charge < -0.3 is 19.4 Å². The summed E-state index contributed by atoms with van der Waals surface area (Å²) in [5, 5.41) is 11.7. The Bertz CT molecular complexity index is 904. The molecular formula is C17H22N4O5S2. The number of anilines is 1. The summed E-state index contributed by atoms with van der Waals surface area (Å²) in [6, 6.07) is 0. The van der Waals surface area contributed by atoms with Gasteiger partial charge in [0.05, 0.1) is 25.5 Å². The van der Waals surface area contributed by atoms with E-state index in [-0.39, 0.29) is 33.0 Å². The average molecular weight is 427 g/mol. The number of carbonyl (C=O) groups excluding carboxylic acids is 3. The van der Waals surface area contributed by atoms with Gasteiger partial charge in [-0.15, -0.1) is 21.5 Å². The Hall–Kier alpha value is -2.40. The zero-order valence-electron chi connectivity index (χ0n) is 16.5. The highest BCUT2D eigenvalue weighted by molar-refractivity contribution is 7.99. The Balaban J connectivity index is 2.17. The van der Waals surface area contributed by atoms with E-state index >= 15 is 0 Å². The minimum absolute atomic E-state index is 0.0647. The third-order valence-electron chi connectivity index (χ3n) is 3.88. The van der Waals surface area contributed by atoms with Crippen molar-refractivity contribution in [2.45, 2.75) is 31.8 Å². The van der Waals surface area contributed by atoms with Gasteiger partial charge in [0, 0.05) is 13.0 Å². The number of thioether (sulfide) groups is 1. The number of aromatic nitrogens is 3. The fourth-order valence-electron chi connectivity index (χ4n) is 2.48. The lowest BCUT2D eigenvalue weighted by Gasteiger charge is -2.07. The molecule has 0 spiro atoms. The van der Waals surface area contributed by atoms with Crippen molar-refractivity contribution >= 4 is 45.9 Å². The topological polar surface area (TPSA) is 112 Å². The van der Waals surface area contributed by atoms with E-state index in [2.05, 4.69) is 15.5 Å². The largest absolute Gasteiger partial charge is 0.465 e. The normalized spacial score (nSPS) is 10.8. The van der Waals surface area contributed by atoms with E-state index in [9.17, 15) is 14.4 Å². The van der Waals surface area contributed by atoms with Crippen molar-refractivity contribution in [3.63, 3.8) is 0 Å². The van der Waals surface area contributed by atoms with Crippen molar-refractivity contribution in [3.05, 3.63) is 21.8 Å². The number of esters is 2. The van der Waals surface area contributed by atoms with Gasteiger partial charge in [-0.1, -0.05) is 25.6 Å². The van der Waals surface area contributed by atoms with Crippen LogP contribution >= 0.6 is 23.1 Å². The molecule has 152 valence electrons. The molecule has 9 nitrogen and oxygen atoms in total. The highest BCUT2D eigenvalue weighted by Gasteiger charge is 2.27. The average Bonchev–Trinajstić information content (AvgIpc) is 3.18. The zero-order valence-corrected chi connectivity index (χ0v) is 18.1. The van der Waals surface area contributed by atoms with Crippen molar-refractivity contribution in [2.24, 2.45) is 7.05 Å². The second kappa shape index (κ2) is 9.20. The molecule has 0 atom stereocenters. The minimum Gasteiger partial charge on any atom is -0.465 e. The first-order valence-electron chi connectivity index (χ1n) is 8.33. The molecule has 0 aliphatic rings. The number of rotatable bonds is 7. The van der Waals surface area contributed by atoms with Gasteiger partial charge in [-0.25, -0.2) is 9.59 Å². The van der Waals surface area contributed by atoms with Gasteiger partial charge in [0.25, 0.3) is 0 Å². The van der Waals surface area contributed by atoms with Gasteiger partial charge in [0.1, 0.15) is 15.7 Å². The fourth-order valence-corrected chi connectivity index (χ4v) is 4.33. The van der Waals surface area contributed by atoms with Crippen LogP contribution in [0, 0.1) is 6.92 Å². The van der Waals surface area contributed by atoms with Gasteiger partial charge >= 0.3 is 11.9 Å². The van der Waals surface area contributed by atoms with E-state index < -0.39 is 11.9 Å². The maximum Gasteiger partial charge on any atom is 0.348 e. The van der Waals surface area contributed by atoms with Crippen LogP contribution in [0.4, 0.5) is 5.00 Å². The lowest BCUT2D eigenvalue weighted by Crippen LogP contribution is -2.16. The maximum absolute atomic E-state index is 12.4. The fraction of sp³-hybridized carbons (Fsp3) is 0.471. The van der Waals surface area contributed by atoms with E-state index in [4.69, 9.17) is 9.47 Å². The maximum atomic E-state index is 12.4. The Morgan fingerprint density at radius 1 is 1.18 bits per heavy atom. The smallest absolute Gasteiger partial charge is 0.348 e. The quantitative estimate of drug-likeness (QED) is 0.531. The lowest BCUT2D eigenvalue weighted by atomic mass is 10.1. The zero-order chi connectivity index (χ0) is 21.0. The highest BCUT2D eigenvalue weighted by Crippen LogP contribution is 2.34. The first-order chi connectivity index (χ1) is 13.2. The van der Waals surface area contributed by atoms with Crippen molar-refractivity contribution in [2.75, 3.05) is 25.3 Å². The Labute approximate surface area is 170 Å². The van der Waals surface area contributed by atoms with E-state index in [0.717, 1.165) is 17.2 Å². The SMILES string of the molecule is COC(=O)c1sc(NC(=O)CSc2nnc(C(C)C)n2C)c(C(=O)OC)c1C. The van der Waals surface area contributed by atoms with E-state index in [1.165, 1.54) is 26.0 Å². The summed E-state index contributed by atoms with van der Waals surface area (Å²) < 4.78 is 11.3. The summed E-state index contributed by atoms with van der Waals surface area (Å²) in [6.45, 7) is 5.63. The lowest BCUT2D eigenvalue weighted by molar-refractivity contribution is -0.113. The standard InChI is InChI=1S/C17H22N4O5S2/c1-8(2)13-19-20-17(21(13)4)27-7-10(22)18-14-11(15(23)25-5)9(3)12(28-14)16(24)26-6/h8H,7H2,1-6H3,(H,18,22). The van der Waals surface area contributed by atoms with Gasteiger partial charge in [-0.2, -0.15) is 0 Å². The molecular weight excluding hydrogens is 404 g/mol. The Morgan fingerprint density at radius 2 is 1.82 bits per heavy atom. The Kier molecular flexibility index (Phi) is 7.19. The van der Waals surface area contributed by atoms with Crippen LogP contribution in [0.1, 0.15) is 51.2 Å².